The number of hydrogen-bond donors (Lipinski definition) is 2. The SMILES string of the molecule is CC(C)(F)c1cc(N)c(N)cn1. The van der Waals surface area contributed by atoms with Crippen molar-refractivity contribution in [1.29, 1.82) is 0 Å². The third-order valence-corrected chi connectivity index (χ3v) is 1.58. The number of hydrogen-bond acceptors (Lipinski definition) is 3. The van der Waals surface area contributed by atoms with Gasteiger partial charge in [0.25, 0.3) is 0 Å². The summed E-state index contributed by atoms with van der Waals surface area (Å²) in [4.78, 5) is 3.83. The number of aromatic nitrogens is 1. The molecule has 3 nitrogen and oxygen atoms in total. The van der Waals surface area contributed by atoms with Gasteiger partial charge in [-0.1, -0.05) is 0 Å². The van der Waals surface area contributed by atoms with Gasteiger partial charge in [-0.25, -0.2) is 4.39 Å². The van der Waals surface area contributed by atoms with E-state index in [9.17, 15) is 4.39 Å². The van der Waals surface area contributed by atoms with E-state index in [0.717, 1.165) is 0 Å². The van der Waals surface area contributed by atoms with Gasteiger partial charge in [0.15, 0.2) is 0 Å². The summed E-state index contributed by atoms with van der Waals surface area (Å²) < 4.78 is 13.3. The molecule has 66 valence electrons. The van der Waals surface area contributed by atoms with Crippen LogP contribution in [-0.4, -0.2) is 4.98 Å². The van der Waals surface area contributed by atoms with E-state index >= 15 is 0 Å². The second-order valence-electron chi connectivity index (χ2n) is 3.17. The van der Waals surface area contributed by atoms with Crippen LogP contribution in [0.5, 0.6) is 0 Å². The Hall–Kier alpha value is -1.32. The number of pyridine rings is 1. The predicted molar refractivity (Wildman–Crippen MR) is 47.2 cm³/mol. The first-order chi connectivity index (χ1) is 5.41. The van der Waals surface area contributed by atoms with Gasteiger partial charge >= 0.3 is 0 Å². The molecular weight excluding hydrogens is 157 g/mol. The molecule has 0 fully saturated rings. The Morgan fingerprint density at radius 3 is 2.33 bits per heavy atom. The summed E-state index contributed by atoms with van der Waals surface area (Å²) in [6.07, 6.45) is 1.37. The molecule has 0 saturated heterocycles. The van der Waals surface area contributed by atoms with E-state index in [4.69, 9.17) is 11.5 Å². The summed E-state index contributed by atoms with van der Waals surface area (Å²) >= 11 is 0. The van der Waals surface area contributed by atoms with Crippen molar-refractivity contribution in [3.63, 3.8) is 0 Å². The van der Waals surface area contributed by atoms with Gasteiger partial charge in [0.1, 0.15) is 5.67 Å². The largest absolute Gasteiger partial charge is 0.397 e. The van der Waals surface area contributed by atoms with Crippen molar-refractivity contribution in [3.8, 4) is 0 Å². The number of alkyl halides is 1. The van der Waals surface area contributed by atoms with E-state index in [0.29, 0.717) is 17.1 Å². The minimum Gasteiger partial charge on any atom is -0.397 e. The topological polar surface area (TPSA) is 64.9 Å². The van der Waals surface area contributed by atoms with E-state index in [2.05, 4.69) is 4.98 Å². The van der Waals surface area contributed by atoms with E-state index in [1.54, 1.807) is 0 Å². The Morgan fingerprint density at radius 1 is 1.33 bits per heavy atom. The molecule has 0 bridgehead atoms. The number of rotatable bonds is 1. The molecule has 1 aromatic heterocycles. The summed E-state index contributed by atoms with van der Waals surface area (Å²) in [5.41, 5.74) is 10.5. The summed E-state index contributed by atoms with van der Waals surface area (Å²) in [7, 11) is 0. The van der Waals surface area contributed by atoms with Crippen LogP contribution in [0.1, 0.15) is 19.5 Å². The van der Waals surface area contributed by atoms with Crippen molar-refractivity contribution in [2.75, 3.05) is 11.5 Å². The second kappa shape index (κ2) is 2.62. The number of nitrogens with zero attached hydrogens (tertiary/aromatic N) is 1. The molecule has 0 atom stereocenters. The summed E-state index contributed by atoms with van der Waals surface area (Å²) in [5, 5.41) is 0. The van der Waals surface area contributed by atoms with Crippen LogP contribution < -0.4 is 11.5 Å². The number of nitrogen functional groups attached to an aromatic ring is 2. The molecule has 0 aromatic carbocycles. The van der Waals surface area contributed by atoms with E-state index in [1.165, 1.54) is 26.1 Å². The van der Waals surface area contributed by atoms with Gasteiger partial charge in [-0.05, 0) is 19.9 Å². The zero-order chi connectivity index (χ0) is 9.35. The van der Waals surface area contributed by atoms with Crippen molar-refractivity contribution < 1.29 is 4.39 Å². The molecule has 1 aromatic rings. The first-order valence-corrected chi connectivity index (χ1v) is 3.61. The lowest BCUT2D eigenvalue weighted by molar-refractivity contribution is 0.214. The van der Waals surface area contributed by atoms with Crippen molar-refractivity contribution in [3.05, 3.63) is 18.0 Å². The molecule has 0 saturated carbocycles. The highest BCUT2D eigenvalue weighted by molar-refractivity contribution is 5.62. The average Bonchev–Trinajstić information content (AvgIpc) is 1.92. The van der Waals surface area contributed by atoms with Crippen LogP contribution in [-0.2, 0) is 5.67 Å². The molecule has 0 aliphatic rings. The summed E-state index contributed by atoms with van der Waals surface area (Å²) in [5.74, 6) is 0. The Labute approximate surface area is 70.6 Å². The molecule has 12 heavy (non-hydrogen) atoms. The molecule has 1 heterocycles. The third-order valence-electron chi connectivity index (χ3n) is 1.58. The van der Waals surface area contributed by atoms with Gasteiger partial charge in [-0.3, -0.25) is 4.98 Å². The Bertz CT molecular complexity index is 291. The molecule has 1 rings (SSSR count). The smallest absolute Gasteiger partial charge is 0.147 e. The first kappa shape index (κ1) is 8.77. The minimum absolute atomic E-state index is 0.300. The fourth-order valence-corrected chi connectivity index (χ4v) is 0.807. The normalized spacial score (nSPS) is 11.6. The van der Waals surface area contributed by atoms with Crippen LogP contribution in [0.2, 0.25) is 0 Å². The second-order valence-corrected chi connectivity index (χ2v) is 3.17. The van der Waals surface area contributed by atoms with Gasteiger partial charge in [0, 0.05) is 0 Å². The molecule has 4 N–H and O–H groups in total. The number of anilines is 2. The highest BCUT2D eigenvalue weighted by Gasteiger charge is 2.20. The number of nitrogens with two attached hydrogens (primary N) is 2. The lowest BCUT2D eigenvalue weighted by Crippen LogP contribution is -2.12. The monoisotopic (exact) mass is 169 g/mol. The van der Waals surface area contributed by atoms with E-state index in [-0.39, 0.29) is 0 Å². The van der Waals surface area contributed by atoms with Crippen LogP contribution in [0.3, 0.4) is 0 Å². The maximum absolute atomic E-state index is 13.3. The highest BCUT2D eigenvalue weighted by atomic mass is 19.1. The van der Waals surface area contributed by atoms with Crippen molar-refractivity contribution >= 4 is 11.4 Å². The van der Waals surface area contributed by atoms with Crippen LogP contribution in [0, 0.1) is 0 Å². The molecule has 0 unspecified atom stereocenters. The fraction of sp³-hybridized carbons (Fsp3) is 0.375. The van der Waals surface area contributed by atoms with Crippen molar-refractivity contribution in [1.82, 2.24) is 4.98 Å². The minimum atomic E-state index is -1.47. The van der Waals surface area contributed by atoms with Gasteiger partial charge in [0.05, 0.1) is 23.3 Å². The quantitative estimate of drug-likeness (QED) is 0.668. The van der Waals surface area contributed by atoms with Gasteiger partial charge in [0.2, 0.25) is 0 Å². The summed E-state index contributed by atoms with van der Waals surface area (Å²) in [6, 6.07) is 1.45. The predicted octanol–water partition coefficient (Wildman–Crippen LogP) is 1.45. The van der Waals surface area contributed by atoms with Gasteiger partial charge in [-0.2, -0.15) is 0 Å². The molecule has 4 heteroatoms. The van der Waals surface area contributed by atoms with E-state index in [1.807, 2.05) is 0 Å². The van der Waals surface area contributed by atoms with Gasteiger partial charge < -0.3 is 11.5 Å². The highest BCUT2D eigenvalue weighted by Crippen LogP contribution is 2.25. The zero-order valence-electron chi connectivity index (χ0n) is 7.13. The molecule has 0 radical (unpaired) electrons. The lowest BCUT2D eigenvalue weighted by Gasteiger charge is -2.13. The molecule has 0 aliphatic carbocycles. The van der Waals surface area contributed by atoms with Crippen LogP contribution in [0.4, 0.5) is 15.8 Å². The van der Waals surface area contributed by atoms with Crippen LogP contribution >= 0.6 is 0 Å². The summed E-state index contributed by atoms with van der Waals surface area (Å²) in [6.45, 7) is 2.84. The van der Waals surface area contributed by atoms with Crippen LogP contribution in [0.25, 0.3) is 0 Å². The van der Waals surface area contributed by atoms with Gasteiger partial charge in [-0.15, -0.1) is 0 Å². The molecule has 0 aliphatic heterocycles. The number of halogens is 1. The zero-order valence-corrected chi connectivity index (χ0v) is 7.13. The van der Waals surface area contributed by atoms with Crippen LogP contribution in [0.15, 0.2) is 12.3 Å². The Balaban J connectivity index is 3.14. The van der Waals surface area contributed by atoms with Crippen molar-refractivity contribution in [2.24, 2.45) is 0 Å². The molecule has 0 spiro atoms. The third kappa shape index (κ3) is 1.64. The van der Waals surface area contributed by atoms with Crippen molar-refractivity contribution in [2.45, 2.75) is 19.5 Å². The average molecular weight is 169 g/mol. The molecule has 0 amide bonds. The first-order valence-electron chi connectivity index (χ1n) is 3.61. The maximum atomic E-state index is 13.3. The van der Waals surface area contributed by atoms with E-state index < -0.39 is 5.67 Å². The Morgan fingerprint density at radius 2 is 1.92 bits per heavy atom. The Kier molecular flexibility index (Phi) is 1.92. The standard InChI is InChI=1S/C8H12FN3/c1-8(2,9)7-3-5(10)6(11)4-12-7/h3-4H,11H2,1-2H3,(H2,10,12). The fourth-order valence-electron chi connectivity index (χ4n) is 0.807. The maximum Gasteiger partial charge on any atom is 0.147 e. The molecular formula is C8H12FN3. The lowest BCUT2D eigenvalue weighted by atomic mass is 10.1.